The van der Waals surface area contributed by atoms with Gasteiger partial charge >= 0.3 is 0 Å². The molecular formula is C22H22N2O3. The monoisotopic (exact) mass is 362 g/mol. The van der Waals surface area contributed by atoms with E-state index < -0.39 is 6.10 Å². The molecule has 1 aliphatic rings. The highest BCUT2D eigenvalue weighted by Crippen LogP contribution is 2.29. The molecule has 3 aromatic rings. The fourth-order valence-electron chi connectivity index (χ4n) is 3.62. The number of carbonyl (C=O) groups is 1. The average Bonchev–Trinajstić information content (AvgIpc) is 3.12. The number of para-hydroxylation sites is 1. The third-order valence-electron chi connectivity index (χ3n) is 5.10. The lowest BCUT2D eigenvalue weighted by atomic mass is 9.98. The van der Waals surface area contributed by atoms with Gasteiger partial charge in [-0.15, -0.1) is 0 Å². The summed E-state index contributed by atoms with van der Waals surface area (Å²) < 4.78 is 5.28. The molecule has 0 radical (unpaired) electrons. The predicted molar refractivity (Wildman–Crippen MR) is 105 cm³/mol. The molecule has 2 heterocycles. The minimum Gasteiger partial charge on any atom is -0.388 e. The van der Waals surface area contributed by atoms with Crippen LogP contribution in [0.2, 0.25) is 0 Å². The van der Waals surface area contributed by atoms with E-state index in [4.69, 9.17) is 4.74 Å². The molecule has 0 bridgehead atoms. The van der Waals surface area contributed by atoms with Gasteiger partial charge in [-0.05, 0) is 42.3 Å². The maximum absolute atomic E-state index is 12.9. The Morgan fingerprint density at radius 3 is 2.74 bits per heavy atom. The van der Waals surface area contributed by atoms with Crippen molar-refractivity contribution in [3.05, 3.63) is 65.9 Å². The smallest absolute Gasteiger partial charge is 0.254 e. The van der Waals surface area contributed by atoms with E-state index in [1.165, 1.54) is 0 Å². The van der Waals surface area contributed by atoms with Crippen molar-refractivity contribution < 1.29 is 14.6 Å². The maximum atomic E-state index is 12.9. The van der Waals surface area contributed by atoms with Crippen molar-refractivity contribution in [3.8, 4) is 11.1 Å². The van der Waals surface area contributed by atoms with Crippen LogP contribution in [0.25, 0.3) is 22.0 Å². The van der Waals surface area contributed by atoms with Gasteiger partial charge in [0, 0.05) is 23.7 Å². The maximum Gasteiger partial charge on any atom is 0.254 e. The molecule has 0 unspecified atom stereocenters. The van der Waals surface area contributed by atoms with Crippen LogP contribution in [0.15, 0.2) is 54.6 Å². The molecular weight excluding hydrogens is 340 g/mol. The number of ether oxygens (including phenoxy) is 1. The number of fused-ring (bicyclic) bond motifs is 1. The summed E-state index contributed by atoms with van der Waals surface area (Å²) in [6.07, 6.45) is -0.645. The number of carbonyl (C=O) groups excluding carboxylic acids is 1. The van der Waals surface area contributed by atoms with Crippen LogP contribution < -0.4 is 0 Å². The first-order chi connectivity index (χ1) is 13.0. The first-order valence-corrected chi connectivity index (χ1v) is 9.04. The topological polar surface area (TPSA) is 62.7 Å². The van der Waals surface area contributed by atoms with Gasteiger partial charge in [-0.1, -0.05) is 30.3 Å². The summed E-state index contributed by atoms with van der Waals surface area (Å²) in [6.45, 7) is 2.60. The molecule has 0 aliphatic carbocycles. The van der Waals surface area contributed by atoms with Gasteiger partial charge in [0.1, 0.15) is 0 Å². The summed E-state index contributed by atoms with van der Waals surface area (Å²) in [5, 5.41) is 11.1. The summed E-state index contributed by atoms with van der Waals surface area (Å²) in [5.74, 6) is -0.124. The second-order valence-electron chi connectivity index (χ2n) is 7.00. The van der Waals surface area contributed by atoms with Crippen molar-refractivity contribution in [2.24, 2.45) is 0 Å². The number of aryl methyl sites for hydroxylation is 1. The Balaban J connectivity index is 1.72. The van der Waals surface area contributed by atoms with E-state index in [0.717, 1.165) is 27.7 Å². The summed E-state index contributed by atoms with van der Waals surface area (Å²) in [5.41, 5.74) is 4.49. The second kappa shape index (κ2) is 7.10. The Hall–Kier alpha value is -2.76. The fraction of sp³-hybridized carbons (Fsp3) is 0.273. The SMILES string of the molecule is Cc1cc(-c2cccc(C(=O)N(C)[C@@H]3COC[C@H]3O)c2)c2ccccc2n1. The number of hydrogen-bond acceptors (Lipinski definition) is 4. The molecule has 1 aromatic heterocycles. The molecule has 27 heavy (non-hydrogen) atoms. The lowest BCUT2D eigenvalue weighted by Gasteiger charge is -2.26. The second-order valence-corrected chi connectivity index (χ2v) is 7.00. The summed E-state index contributed by atoms with van der Waals surface area (Å²) in [6, 6.07) is 17.3. The van der Waals surface area contributed by atoms with Crippen LogP contribution >= 0.6 is 0 Å². The zero-order chi connectivity index (χ0) is 19.0. The molecule has 5 nitrogen and oxygen atoms in total. The molecule has 1 N–H and O–H groups in total. The van der Waals surface area contributed by atoms with E-state index in [2.05, 4.69) is 4.98 Å². The van der Waals surface area contributed by atoms with Crippen LogP contribution in [0.3, 0.4) is 0 Å². The van der Waals surface area contributed by atoms with Gasteiger partial charge in [-0.2, -0.15) is 0 Å². The Kier molecular flexibility index (Phi) is 4.64. The highest BCUT2D eigenvalue weighted by molar-refractivity contribution is 5.99. The van der Waals surface area contributed by atoms with E-state index in [1.807, 2.05) is 55.5 Å². The molecule has 1 saturated heterocycles. The largest absolute Gasteiger partial charge is 0.388 e. The van der Waals surface area contributed by atoms with Gasteiger partial charge in [-0.25, -0.2) is 0 Å². The number of likely N-dealkylation sites (N-methyl/N-ethyl adjacent to an activating group) is 1. The Labute approximate surface area is 158 Å². The number of pyridine rings is 1. The van der Waals surface area contributed by atoms with Crippen molar-refractivity contribution in [2.45, 2.75) is 19.1 Å². The van der Waals surface area contributed by atoms with Gasteiger partial charge in [0.2, 0.25) is 0 Å². The van der Waals surface area contributed by atoms with Gasteiger partial charge in [0.05, 0.1) is 30.9 Å². The van der Waals surface area contributed by atoms with E-state index in [0.29, 0.717) is 12.2 Å². The van der Waals surface area contributed by atoms with Gasteiger partial charge in [0.25, 0.3) is 5.91 Å². The highest BCUT2D eigenvalue weighted by Gasteiger charge is 2.32. The zero-order valence-electron chi connectivity index (χ0n) is 15.4. The average molecular weight is 362 g/mol. The third-order valence-corrected chi connectivity index (χ3v) is 5.10. The van der Waals surface area contributed by atoms with Crippen molar-refractivity contribution in [1.29, 1.82) is 0 Å². The number of aromatic nitrogens is 1. The van der Waals surface area contributed by atoms with Crippen molar-refractivity contribution in [1.82, 2.24) is 9.88 Å². The van der Waals surface area contributed by atoms with Crippen LogP contribution in [0.5, 0.6) is 0 Å². The molecule has 1 amide bonds. The number of aliphatic hydroxyl groups excluding tert-OH is 1. The van der Waals surface area contributed by atoms with E-state index in [1.54, 1.807) is 18.0 Å². The first kappa shape index (κ1) is 17.6. The quantitative estimate of drug-likeness (QED) is 0.778. The minimum atomic E-state index is -0.645. The molecule has 4 rings (SSSR count). The predicted octanol–water partition coefficient (Wildman–Crippen LogP) is 3.04. The molecule has 138 valence electrons. The Morgan fingerprint density at radius 2 is 1.96 bits per heavy atom. The Morgan fingerprint density at radius 1 is 1.15 bits per heavy atom. The van der Waals surface area contributed by atoms with Gasteiger partial charge in [-0.3, -0.25) is 9.78 Å². The van der Waals surface area contributed by atoms with E-state index >= 15 is 0 Å². The van der Waals surface area contributed by atoms with Crippen molar-refractivity contribution in [2.75, 3.05) is 20.3 Å². The molecule has 2 aromatic carbocycles. The van der Waals surface area contributed by atoms with E-state index in [9.17, 15) is 9.90 Å². The molecule has 0 spiro atoms. The molecule has 5 heteroatoms. The number of rotatable bonds is 3. The van der Waals surface area contributed by atoms with Crippen LogP contribution in [-0.2, 0) is 4.74 Å². The molecule has 2 atom stereocenters. The molecule has 0 saturated carbocycles. The number of hydrogen-bond donors (Lipinski definition) is 1. The van der Waals surface area contributed by atoms with Crippen LogP contribution in [0.1, 0.15) is 16.1 Å². The molecule has 1 aliphatic heterocycles. The van der Waals surface area contributed by atoms with Crippen LogP contribution in [0, 0.1) is 6.92 Å². The van der Waals surface area contributed by atoms with Crippen LogP contribution in [-0.4, -0.2) is 53.3 Å². The summed E-state index contributed by atoms with van der Waals surface area (Å²) in [4.78, 5) is 19.1. The van der Waals surface area contributed by atoms with Crippen molar-refractivity contribution in [3.63, 3.8) is 0 Å². The third kappa shape index (κ3) is 3.31. The number of aliphatic hydroxyl groups is 1. The fourth-order valence-corrected chi connectivity index (χ4v) is 3.62. The number of amides is 1. The lowest BCUT2D eigenvalue weighted by molar-refractivity contribution is 0.0581. The standard InChI is InChI=1S/C22H22N2O3/c1-14-10-18(17-8-3-4-9-19(17)23-14)15-6-5-7-16(11-15)22(26)24(2)20-12-27-13-21(20)25/h3-11,20-21,25H,12-13H2,1-2H3/t20-,21-/m1/s1. The minimum absolute atomic E-state index is 0.124. The van der Waals surface area contributed by atoms with Crippen LogP contribution in [0.4, 0.5) is 0 Å². The van der Waals surface area contributed by atoms with Gasteiger partial charge < -0.3 is 14.7 Å². The highest BCUT2D eigenvalue weighted by atomic mass is 16.5. The zero-order valence-corrected chi connectivity index (χ0v) is 15.4. The summed E-state index contributed by atoms with van der Waals surface area (Å²) in [7, 11) is 1.71. The summed E-state index contributed by atoms with van der Waals surface area (Å²) >= 11 is 0. The number of benzene rings is 2. The lowest BCUT2D eigenvalue weighted by Crippen LogP contribution is -2.44. The first-order valence-electron chi connectivity index (χ1n) is 9.04. The molecule has 1 fully saturated rings. The van der Waals surface area contributed by atoms with E-state index in [-0.39, 0.29) is 18.6 Å². The Bertz CT molecular complexity index is 1000. The van der Waals surface area contributed by atoms with Gasteiger partial charge in [0.15, 0.2) is 0 Å². The normalized spacial score (nSPS) is 19.4. The van der Waals surface area contributed by atoms with Crippen molar-refractivity contribution >= 4 is 16.8 Å². The number of nitrogens with zero attached hydrogens (tertiary/aromatic N) is 2.